The van der Waals surface area contributed by atoms with Crippen molar-refractivity contribution in [2.45, 2.75) is 18.4 Å². The second kappa shape index (κ2) is 4.71. The summed E-state index contributed by atoms with van der Waals surface area (Å²) >= 11 is 0. The smallest absolute Gasteiger partial charge is 0.102 e. The number of aliphatic hydroxyl groups excluding tert-OH is 1. The van der Waals surface area contributed by atoms with E-state index in [0.29, 0.717) is 5.92 Å². The second-order valence-electron chi connectivity index (χ2n) is 5.89. The number of aromatic nitrogens is 2. The van der Waals surface area contributed by atoms with Gasteiger partial charge in [0.1, 0.15) is 6.10 Å². The highest BCUT2D eigenvalue weighted by atomic mass is 16.3. The lowest BCUT2D eigenvalue weighted by molar-refractivity contribution is 0.147. The number of hydrogen-bond donors (Lipinski definition) is 1. The maximum Gasteiger partial charge on any atom is 0.102 e. The molecule has 0 saturated heterocycles. The number of hydrogen-bond acceptors (Lipinski definition) is 2. The highest BCUT2D eigenvalue weighted by Gasteiger charge is 2.45. The van der Waals surface area contributed by atoms with Gasteiger partial charge in [0.25, 0.3) is 0 Å². The minimum absolute atomic E-state index is 0.283. The molecule has 0 amide bonds. The van der Waals surface area contributed by atoms with Gasteiger partial charge in [0, 0.05) is 12.4 Å². The lowest BCUT2D eigenvalue weighted by Crippen LogP contribution is -2.03. The van der Waals surface area contributed by atoms with Gasteiger partial charge in [0.2, 0.25) is 0 Å². The zero-order valence-corrected chi connectivity index (χ0v) is 12.0. The summed E-state index contributed by atoms with van der Waals surface area (Å²) in [6.45, 7) is 0. The predicted octanol–water partition coefficient (Wildman–Crippen LogP) is 3.41. The van der Waals surface area contributed by atoms with Crippen molar-refractivity contribution >= 4 is 10.9 Å². The summed E-state index contributed by atoms with van der Waals surface area (Å²) in [5, 5.41) is 16.3. The van der Waals surface area contributed by atoms with Crippen LogP contribution in [0.25, 0.3) is 10.9 Å². The lowest BCUT2D eigenvalue weighted by atomic mass is 10.0. The van der Waals surface area contributed by atoms with Crippen LogP contribution < -0.4 is 0 Å². The molecule has 1 fully saturated rings. The van der Waals surface area contributed by atoms with Crippen LogP contribution in [0.1, 0.15) is 29.7 Å². The van der Waals surface area contributed by atoms with Crippen LogP contribution in [0, 0.1) is 5.92 Å². The minimum atomic E-state index is -0.485. The first-order chi connectivity index (χ1) is 10.3. The van der Waals surface area contributed by atoms with Crippen LogP contribution in [0.4, 0.5) is 0 Å². The minimum Gasteiger partial charge on any atom is -0.386 e. The van der Waals surface area contributed by atoms with Gasteiger partial charge in [0.15, 0.2) is 0 Å². The highest BCUT2D eigenvalue weighted by Crippen LogP contribution is 2.54. The molecule has 21 heavy (non-hydrogen) atoms. The third-order valence-corrected chi connectivity index (χ3v) is 4.54. The molecule has 1 aromatic heterocycles. The van der Waals surface area contributed by atoms with Gasteiger partial charge >= 0.3 is 0 Å². The van der Waals surface area contributed by atoms with Gasteiger partial charge in [-0.2, -0.15) is 5.10 Å². The summed E-state index contributed by atoms with van der Waals surface area (Å²) in [5.41, 5.74) is 3.21. The third-order valence-electron chi connectivity index (χ3n) is 4.54. The summed E-state index contributed by atoms with van der Waals surface area (Å²) in [6.07, 6.45) is 0.553. The molecule has 1 aliphatic rings. The molecular formula is C18H18N2O. The molecule has 0 spiro atoms. The Kier molecular flexibility index (Phi) is 2.82. The van der Waals surface area contributed by atoms with E-state index < -0.39 is 6.10 Å². The molecule has 4 rings (SSSR count). The van der Waals surface area contributed by atoms with Crippen LogP contribution in [-0.4, -0.2) is 14.9 Å². The van der Waals surface area contributed by atoms with Crippen LogP contribution in [-0.2, 0) is 7.05 Å². The normalized spacial score (nSPS) is 22.4. The van der Waals surface area contributed by atoms with E-state index >= 15 is 0 Å². The van der Waals surface area contributed by atoms with Gasteiger partial charge in [-0.1, -0.05) is 48.5 Å². The van der Waals surface area contributed by atoms with Crippen molar-refractivity contribution in [1.82, 2.24) is 9.78 Å². The summed E-state index contributed by atoms with van der Waals surface area (Å²) in [4.78, 5) is 0. The lowest BCUT2D eigenvalue weighted by Gasteiger charge is -2.08. The molecule has 0 radical (unpaired) electrons. The second-order valence-corrected chi connectivity index (χ2v) is 5.89. The number of aryl methyl sites for hydroxylation is 1. The first kappa shape index (κ1) is 12.6. The van der Waals surface area contributed by atoms with Crippen molar-refractivity contribution in [3.63, 3.8) is 0 Å². The molecule has 2 aromatic carbocycles. The Morgan fingerprint density at radius 3 is 2.62 bits per heavy atom. The topological polar surface area (TPSA) is 38.0 Å². The summed E-state index contributed by atoms with van der Waals surface area (Å²) < 4.78 is 1.85. The Labute approximate surface area is 123 Å². The van der Waals surface area contributed by atoms with Gasteiger partial charge in [0.05, 0.1) is 11.2 Å². The van der Waals surface area contributed by atoms with Crippen LogP contribution in [0.15, 0.2) is 54.6 Å². The van der Waals surface area contributed by atoms with Gasteiger partial charge in [-0.15, -0.1) is 0 Å². The predicted molar refractivity (Wildman–Crippen MR) is 83.0 cm³/mol. The first-order valence-corrected chi connectivity index (χ1v) is 7.40. The molecule has 3 heteroatoms. The van der Waals surface area contributed by atoms with Crippen LogP contribution in [0.5, 0.6) is 0 Å². The fraction of sp³-hybridized carbons (Fsp3) is 0.278. The highest BCUT2D eigenvalue weighted by molar-refractivity contribution is 5.82. The maximum absolute atomic E-state index is 10.7. The quantitative estimate of drug-likeness (QED) is 0.797. The molecular weight excluding hydrogens is 260 g/mol. The summed E-state index contributed by atoms with van der Waals surface area (Å²) in [6, 6.07) is 18.5. The molecule has 3 atom stereocenters. The van der Waals surface area contributed by atoms with Crippen molar-refractivity contribution in [3.05, 3.63) is 65.9 Å². The van der Waals surface area contributed by atoms with E-state index in [4.69, 9.17) is 0 Å². The number of para-hydroxylation sites is 1. The largest absolute Gasteiger partial charge is 0.386 e. The number of nitrogens with zero attached hydrogens (tertiary/aromatic N) is 2. The van der Waals surface area contributed by atoms with E-state index in [-0.39, 0.29) is 5.92 Å². The Morgan fingerprint density at radius 2 is 1.81 bits per heavy atom. The summed E-state index contributed by atoms with van der Waals surface area (Å²) in [5.74, 6) is 0.743. The molecule has 1 heterocycles. The molecule has 3 nitrogen and oxygen atoms in total. The van der Waals surface area contributed by atoms with E-state index in [1.165, 1.54) is 5.56 Å². The van der Waals surface area contributed by atoms with E-state index in [2.05, 4.69) is 29.4 Å². The molecule has 0 bridgehead atoms. The zero-order valence-electron chi connectivity index (χ0n) is 12.0. The molecule has 3 unspecified atom stereocenters. The SMILES string of the molecule is Cn1nc(C(O)C2CC2c2ccccc2)c2ccccc21. The fourth-order valence-corrected chi connectivity index (χ4v) is 3.31. The molecule has 3 aromatic rings. The monoisotopic (exact) mass is 278 g/mol. The Bertz CT molecular complexity index is 778. The van der Waals surface area contributed by atoms with Crippen molar-refractivity contribution in [3.8, 4) is 0 Å². The third kappa shape index (κ3) is 2.05. The van der Waals surface area contributed by atoms with Crippen molar-refractivity contribution < 1.29 is 5.11 Å². The van der Waals surface area contributed by atoms with Gasteiger partial charge in [-0.25, -0.2) is 0 Å². The average Bonchev–Trinajstić information content (AvgIpc) is 3.27. The molecule has 1 N–H and O–H groups in total. The van der Waals surface area contributed by atoms with Crippen molar-refractivity contribution in [1.29, 1.82) is 0 Å². The van der Waals surface area contributed by atoms with Crippen LogP contribution in [0.2, 0.25) is 0 Å². The van der Waals surface area contributed by atoms with E-state index in [9.17, 15) is 5.11 Å². The fourth-order valence-electron chi connectivity index (χ4n) is 3.31. The standard InChI is InChI=1S/C18H18N2O/c1-20-16-10-6-5-9-13(16)17(19-20)18(21)15-11-14(15)12-7-3-2-4-8-12/h2-10,14-15,18,21H,11H2,1H3. The maximum atomic E-state index is 10.7. The van der Waals surface area contributed by atoms with Crippen LogP contribution >= 0.6 is 0 Å². The van der Waals surface area contributed by atoms with Crippen LogP contribution in [0.3, 0.4) is 0 Å². The number of benzene rings is 2. The Morgan fingerprint density at radius 1 is 1.10 bits per heavy atom. The molecule has 1 aliphatic carbocycles. The van der Waals surface area contributed by atoms with Gasteiger partial charge in [-0.3, -0.25) is 4.68 Å². The molecule has 0 aliphatic heterocycles. The van der Waals surface area contributed by atoms with Gasteiger partial charge < -0.3 is 5.11 Å². The van der Waals surface area contributed by atoms with E-state index in [0.717, 1.165) is 23.0 Å². The Balaban J connectivity index is 1.65. The van der Waals surface area contributed by atoms with E-state index in [1.807, 2.05) is 42.1 Å². The number of fused-ring (bicyclic) bond motifs is 1. The van der Waals surface area contributed by atoms with Crippen molar-refractivity contribution in [2.24, 2.45) is 13.0 Å². The summed E-state index contributed by atoms with van der Waals surface area (Å²) in [7, 11) is 1.93. The van der Waals surface area contributed by atoms with Crippen molar-refractivity contribution in [2.75, 3.05) is 0 Å². The molecule has 1 saturated carbocycles. The number of rotatable bonds is 3. The Hall–Kier alpha value is -2.13. The van der Waals surface area contributed by atoms with E-state index in [1.54, 1.807) is 0 Å². The van der Waals surface area contributed by atoms with Gasteiger partial charge in [-0.05, 0) is 29.9 Å². The molecule has 106 valence electrons. The first-order valence-electron chi connectivity index (χ1n) is 7.40. The number of aliphatic hydroxyl groups is 1. The zero-order chi connectivity index (χ0) is 14.4. The average molecular weight is 278 g/mol.